The van der Waals surface area contributed by atoms with Crippen molar-refractivity contribution in [3.63, 3.8) is 0 Å². The summed E-state index contributed by atoms with van der Waals surface area (Å²) in [6, 6.07) is 3.86. The van der Waals surface area contributed by atoms with E-state index < -0.39 is 0 Å². The van der Waals surface area contributed by atoms with Crippen molar-refractivity contribution in [3.8, 4) is 0 Å². The number of thioether (sulfide) groups is 1. The molecule has 3 aromatic heterocycles. The van der Waals surface area contributed by atoms with Crippen LogP contribution in [0.3, 0.4) is 0 Å². The van der Waals surface area contributed by atoms with Gasteiger partial charge in [-0.2, -0.15) is 14.6 Å². The van der Waals surface area contributed by atoms with Gasteiger partial charge in [0, 0.05) is 13.2 Å². The highest BCUT2D eigenvalue weighted by molar-refractivity contribution is 9.10. The van der Waals surface area contributed by atoms with E-state index in [1.807, 2.05) is 30.3 Å². The van der Waals surface area contributed by atoms with Gasteiger partial charge in [-0.05, 0) is 34.3 Å². The summed E-state index contributed by atoms with van der Waals surface area (Å²) in [5.41, 5.74) is 1.68. The zero-order valence-electron chi connectivity index (χ0n) is 11.3. The van der Waals surface area contributed by atoms with Crippen LogP contribution in [0.5, 0.6) is 0 Å². The Morgan fingerprint density at radius 1 is 1.29 bits per heavy atom. The predicted molar refractivity (Wildman–Crippen MR) is 89.8 cm³/mol. The summed E-state index contributed by atoms with van der Waals surface area (Å²) in [5.74, 6) is 0.693. The lowest BCUT2D eigenvalue weighted by Crippen LogP contribution is -2.17. The van der Waals surface area contributed by atoms with Crippen molar-refractivity contribution in [3.05, 3.63) is 35.2 Å². The van der Waals surface area contributed by atoms with E-state index in [2.05, 4.69) is 36.0 Å². The smallest absolute Gasteiger partial charge is 0.235 e. The summed E-state index contributed by atoms with van der Waals surface area (Å²) < 4.78 is 2.55. The number of fused-ring (bicyclic) bond motifs is 1. The van der Waals surface area contributed by atoms with E-state index in [0.717, 1.165) is 15.8 Å². The van der Waals surface area contributed by atoms with Crippen molar-refractivity contribution in [1.29, 1.82) is 0 Å². The SMILES string of the molecule is CSc1nc(N(C)c2cccnc2)n2ncc(Br)c2n1.Cl. The van der Waals surface area contributed by atoms with Crippen LogP contribution in [0.2, 0.25) is 0 Å². The Labute approximate surface area is 140 Å². The summed E-state index contributed by atoms with van der Waals surface area (Å²) in [6.45, 7) is 0. The van der Waals surface area contributed by atoms with Gasteiger partial charge in [0.05, 0.1) is 22.6 Å². The Hall–Kier alpha value is -1.38. The maximum atomic E-state index is 4.54. The third kappa shape index (κ3) is 2.97. The molecule has 0 aliphatic rings. The molecule has 0 aromatic carbocycles. The molecule has 0 N–H and O–H groups in total. The maximum Gasteiger partial charge on any atom is 0.235 e. The number of hydrogen-bond donors (Lipinski definition) is 0. The monoisotopic (exact) mass is 386 g/mol. The molecule has 0 unspecified atom stereocenters. The fourth-order valence-electron chi connectivity index (χ4n) is 1.79. The molecule has 0 aliphatic carbocycles. The first-order chi connectivity index (χ1) is 9.70. The van der Waals surface area contributed by atoms with Gasteiger partial charge in [0.15, 0.2) is 10.8 Å². The Morgan fingerprint density at radius 2 is 2.10 bits per heavy atom. The molecule has 3 aromatic rings. The molecule has 0 fully saturated rings. The number of rotatable bonds is 3. The zero-order valence-corrected chi connectivity index (χ0v) is 14.5. The standard InChI is InChI=1S/C12H11BrN6S.ClH/c1-18(8-4-3-5-14-6-8)12-17-11(20-2)16-10-9(13)7-15-19(10)12;/h3-7H,1-2H3;1H. The molecule has 0 bridgehead atoms. The van der Waals surface area contributed by atoms with Crippen molar-refractivity contribution in [2.24, 2.45) is 0 Å². The van der Waals surface area contributed by atoms with Crippen LogP contribution in [0.25, 0.3) is 5.65 Å². The molecule has 0 spiro atoms. The Morgan fingerprint density at radius 3 is 2.76 bits per heavy atom. The molecular weight excluding hydrogens is 376 g/mol. The Balaban J connectivity index is 0.00000161. The molecule has 6 nitrogen and oxygen atoms in total. The molecule has 3 heterocycles. The third-order valence-electron chi connectivity index (χ3n) is 2.80. The van der Waals surface area contributed by atoms with E-state index in [9.17, 15) is 0 Å². The van der Waals surface area contributed by atoms with E-state index in [1.54, 1.807) is 23.1 Å². The summed E-state index contributed by atoms with van der Waals surface area (Å²) in [7, 11) is 1.93. The average molecular weight is 388 g/mol. The molecule has 21 heavy (non-hydrogen) atoms. The third-order valence-corrected chi connectivity index (χ3v) is 3.91. The summed E-state index contributed by atoms with van der Waals surface area (Å²) in [6.07, 6.45) is 7.19. The number of hydrogen-bond acceptors (Lipinski definition) is 6. The van der Waals surface area contributed by atoms with Crippen LogP contribution in [0, 0.1) is 0 Å². The minimum Gasteiger partial charge on any atom is -0.312 e. The highest BCUT2D eigenvalue weighted by Crippen LogP contribution is 2.26. The second-order valence-electron chi connectivity index (χ2n) is 4.01. The molecule has 110 valence electrons. The summed E-state index contributed by atoms with van der Waals surface area (Å²) in [5, 5.41) is 5.01. The van der Waals surface area contributed by atoms with Crippen LogP contribution in [0.1, 0.15) is 0 Å². The molecule has 9 heteroatoms. The van der Waals surface area contributed by atoms with Gasteiger partial charge in [-0.15, -0.1) is 12.4 Å². The van der Waals surface area contributed by atoms with Gasteiger partial charge >= 0.3 is 0 Å². The van der Waals surface area contributed by atoms with Gasteiger partial charge in [-0.1, -0.05) is 11.8 Å². The number of pyridine rings is 1. The van der Waals surface area contributed by atoms with E-state index in [-0.39, 0.29) is 12.4 Å². The van der Waals surface area contributed by atoms with Crippen LogP contribution in [-0.2, 0) is 0 Å². The lowest BCUT2D eigenvalue weighted by atomic mass is 10.4. The molecule has 0 radical (unpaired) electrons. The van der Waals surface area contributed by atoms with Gasteiger partial charge in [0.25, 0.3) is 0 Å². The topological polar surface area (TPSA) is 59.2 Å². The molecule has 0 saturated carbocycles. The maximum absolute atomic E-state index is 4.54. The Bertz CT molecular complexity index is 750. The van der Waals surface area contributed by atoms with Crippen LogP contribution in [0.4, 0.5) is 11.6 Å². The van der Waals surface area contributed by atoms with Crippen LogP contribution >= 0.6 is 40.1 Å². The van der Waals surface area contributed by atoms with Crippen molar-refractivity contribution in [2.75, 3.05) is 18.2 Å². The normalized spacial score (nSPS) is 10.4. The molecular formula is C12H12BrClN6S. The number of aromatic nitrogens is 5. The minimum absolute atomic E-state index is 0. The van der Waals surface area contributed by atoms with Crippen molar-refractivity contribution >= 4 is 57.4 Å². The van der Waals surface area contributed by atoms with Gasteiger partial charge in [0.2, 0.25) is 5.95 Å². The van der Waals surface area contributed by atoms with Gasteiger partial charge < -0.3 is 4.90 Å². The highest BCUT2D eigenvalue weighted by atomic mass is 79.9. The number of anilines is 2. The quantitative estimate of drug-likeness (QED) is 0.643. The fourth-order valence-corrected chi connectivity index (χ4v) is 2.49. The van der Waals surface area contributed by atoms with Crippen molar-refractivity contribution in [1.82, 2.24) is 24.6 Å². The van der Waals surface area contributed by atoms with Crippen LogP contribution in [0.15, 0.2) is 40.4 Å². The highest BCUT2D eigenvalue weighted by Gasteiger charge is 2.15. The first kappa shape index (κ1) is 16.0. The zero-order chi connectivity index (χ0) is 14.1. The fraction of sp³-hybridized carbons (Fsp3) is 0.167. The molecule has 0 aliphatic heterocycles. The largest absolute Gasteiger partial charge is 0.312 e. The summed E-state index contributed by atoms with van der Waals surface area (Å²) in [4.78, 5) is 15.1. The van der Waals surface area contributed by atoms with E-state index in [1.165, 1.54) is 11.8 Å². The second kappa shape index (κ2) is 6.59. The first-order valence-corrected chi connectivity index (χ1v) is 7.81. The summed E-state index contributed by atoms with van der Waals surface area (Å²) >= 11 is 4.95. The minimum atomic E-state index is 0. The van der Waals surface area contributed by atoms with E-state index >= 15 is 0 Å². The van der Waals surface area contributed by atoms with Crippen LogP contribution in [-0.4, -0.2) is 37.9 Å². The molecule has 0 saturated heterocycles. The Kier molecular flexibility index (Phi) is 5.02. The van der Waals surface area contributed by atoms with Gasteiger partial charge in [-0.25, -0.2) is 4.98 Å². The molecule has 0 atom stereocenters. The van der Waals surface area contributed by atoms with Gasteiger partial charge in [0.1, 0.15) is 0 Å². The van der Waals surface area contributed by atoms with Gasteiger partial charge in [-0.3, -0.25) is 4.98 Å². The molecule has 3 rings (SSSR count). The number of nitrogens with zero attached hydrogens (tertiary/aromatic N) is 6. The van der Waals surface area contributed by atoms with E-state index in [4.69, 9.17) is 0 Å². The lowest BCUT2D eigenvalue weighted by Gasteiger charge is -2.18. The van der Waals surface area contributed by atoms with Crippen molar-refractivity contribution < 1.29 is 0 Å². The number of halogens is 2. The first-order valence-electron chi connectivity index (χ1n) is 5.79. The van der Waals surface area contributed by atoms with E-state index in [0.29, 0.717) is 11.1 Å². The second-order valence-corrected chi connectivity index (χ2v) is 5.64. The predicted octanol–water partition coefficient (Wildman–Crippen LogP) is 3.19. The average Bonchev–Trinajstić information content (AvgIpc) is 2.88. The van der Waals surface area contributed by atoms with Crippen LogP contribution < -0.4 is 4.90 Å². The van der Waals surface area contributed by atoms with Crippen molar-refractivity contribution in [2.45, 2.75) is 5.16 Å². The molecule has 0 amide bonds. The lowest BCUT2D eigenvalue weighted by molar-refractivity contribution is 0.815.